The predicted molar refractivity (Wildman–Crippen MR) is 243 cm³/mol. The van der Waals surface area contributed by atoms with E-state index < -0.39 is 6.10 Å². The van der Waals surface area contributed by atoms with Gasteiger partial charge in [0, 0.05) is 19.4 Å². The molecule has 0 saturated heterocycles. The molecule has 1 unspecified atom stereocenters. The highest BCUT2D eigenvalue weighted by molar-refractivity contribution is 5.70. The molecule has 0 amide bonds. The normalized spacial score (nSPS) is 12.0. The lowest BCUT2D eigenvalue weighted by Gasteiger charge is -2.18. The molecule has 0 spiro atoms. The second-order valence-corrected chi connectivity index (χ2v) is 17.5. The van der Waals surface area contributed by atoms with E-state index in [4.69, 9.17) is 14.2 Å². The fraction of sp³-hybridized carbons (Fsp3) is 0.961. The third kappa shape index (κ3) is 45.6. The summed E-state index contributed by atoms with van der Waals surface area (Å²) in [6.07, 6.45) is 52.6. The lowest BCUT2D eigenvalue weighted by Crippen LogP contribution is -2.30. The van der Waals surface area contributed by atoms with Crippen LogP contribution in [0.4, 0.5) is 0 Å². The third-order valence-corrected chi connectivity index (χ3v) is 11.6. The van der Waals surface area contributed by atoms with E-state index in [0.29, 0.717) is 26.1 Å². The molecule has 1 atom stereocenters. The average molecular weight is 793 g/mol. The molecular weight excluding hydrogens is 693 g/mol. The summed E-state index contributed by atoms with van der Waals surface area (Å²) < 4.78 is 17.3. The number of hydrogen-bond donors (Lipinski definition) is 0. The Morgan fingerprint density at radius 2 is 0.589 bits per heavy atom. The zero-order valence-electron chi connectivity index (χ0n) is 38.4. The second kappa shape index (κ2) is 48.3. The van der Waals surface area contributed by atoms with Crippen LogP contribution >= 0.6 is 0 Å². The van der Waals surface area contributed by atoms with E-state index in [1.165, 1.54) is 218 Å². The van der Waals surface area contributed by atoms with Crippen LogP contribution in [0, 0.1) is 0 Å². The van der Waals surface area contributed by atoms with Crippen LogP contribution in [0.5, 0.6) is 0 Å². The number of carbonyl (C=O) groups is 2. The first-order chi connectivity index (χ1) is 27.6. The Labute approximate surface area is 351 Å². The number of hydrogen-bond acceptors (Lipinski definition) is 5. The van der Waals surface area contributed by atoms with Crippen molar-refractivity contribution in [2.75, 3.05) is 19.8 Å². The summed E-state index contributed by atoms with van der Waals surface area (Å²) in [7, 11) is 0. The van der Waals surface area contributed by atoms with Crippen LogP contribution in [-0.4, -0.2) is 37.9 Å². The predicted octanol–water partition coefficient (Wildman–Crippen LogP) is 16.9. The Hall–Kier alpha value is -1.10. The Bertz CT molecular complexity index is 769. The van der Waals surface area contributed by atoms with Gasteiger partial charge in [-0.2, -0.15) is 0 Å². The van der Waals surface area contributed by atoms with Gasteiger partial charge in [0.25, 0.3) is 0 Å². The van der Waals surface area contributed by atoms with Crippen molar-refractivity contribution in [2.24, 2.45) is 0 Å². The molecule has 56 heavy (non-hydrogen) atoms. The van der Waals surface area contributed by atoms with Gasteiger partial charge in [-0.1, -0.05) is 258 Å². The molecule has 5 heteroatoms. The molecule has 0 aromatic heterocycles. The Kier molecular flexibility index (Phi) is 47.3. The zero-order valence-corrected chi connectivity index (χ0v) is 38.4. The lowest BCUT2D eigenvalue weighted by atomic mass is 10.0. The Morgan fingerprint density at radius 3 is 0.911 bits per heavy atom. The summed E-state index contributed by atoms with van der Waals surface area (Å²) >= 11 is 0. The highest BCUT2D eigenvalue weighted by atomic mass is 16.6. The van der Waals surface area contributed by atoms with Gasteiger partial charge in [0.05, 0.1) is 6.61 Å². The molecule has 0 aliphatic heterocycles. The van der Waals surface area contributed by atoms with Gasteiger partial charge >= 0.3 is 11.9 Å². The molecule has 0 aromatic carbocycles. The number of unbranched alkanes of at least 4 members (excludes halogenated alkanes) is 37. The van der Waals surface area contributed by atoms with E-state index in [2.05, 4.69) is 20.8 Å². The van der Waals surface area contributed by atoms with E-state index in [0.717, 1.165) is 38.5 Å². The molecule has 0 N–H and O–H groups in total. The summed E-state index contributed by atoms with van der Waals surface area (Å²) in [5, 5.41) is 0. The van der Waals surface area contributed by atoms with Crippen LogP contribution in [0.2, 0.25) is 0 Å². The first-order valence-electron chi connectivity index (χ1n) is 25.6. The van der Waals surface area contributed by atoms with Gasteiger partial charge in [-0.25, -0.2) is 0 Å². The fourth-order valence-corrected chi connectivity index (χ4v) is 7.81. The number of rotatable bonds is 48. The maximum Gasteiger partial charge on any atom is 0.306 e. The van der Waals surface area contributed by atoms with Crippen molar-refractivity contribution >= 4 is 11.9 Å². The van der Waals surface area contributed by atoms with Gasteiger partial charge in [-0.05, 0) is 19.3 Å². The molecule has 0 bridgehead atoms. The molecule has 0 aliphatic carbocycles. The summed E-state index contributed by atoms with van der Waals surface area (Å²) in [6, 6.07) is 0. The zero-order chi connectivity index (χ0) is 40.7. The van der Waals surface area contributed by atoms with Gasteiger partial charge in [-0.15, -0.1) is 0 Å². The van der Waals surface area contributed by atoms with Gasteiger partial charge in [0.15, 0.2) is 6.10 Å². The maximum atomic E-state index is 12.7. The minimum absolute atomic E-state index is 0.0963. The van der Waals surface area contributed by atoms with Crippen LogP contribution in [0.15, 0.2) is 0 Å². The van der Waals surface area contributed by atoms with Gasteiger partial charge < -0.3 is 14.2 Å². The minimum atomic E-state index is -0.520. The molecule has 334 valence electrons. The topological polar surface area (TPSA) is 61.8 Å². The summed E-state index contributed by atoms with van der Waals surface area (Å²) in [4.78, 5) is 25.3. The number of ether oxygens (including phenoxy) is 3. The Morgan fingerprint density at radius 1 is 0.321 bits per heavy atom. The molecule has 0 aromatic rings. The quantitative estimate of drug-likeness (QED) is 0.0454. The molecular formula is C51H100O5. The molecule has 0 heterocycles. The second-order valence-electron chi connectivity index (χ2n) is 17.5. The van der Waals surface area contributed by atoms with Crippen molar-refractivity contribution < 1.29 is 23.8 Å². The minimum Gasteiger partial charge on any atom is -0.462 e. The highest BCUT2D eigenvalue weighted by Crippen LogP contribution is 2.17. The largest absolute Gasteiger partial charge is 0.462 e. The third-order valence-electron chi connectivity index (χ3n) is 11.6. The van der Waals surface area contributed by atoms with Crippen LogP contribution in [-0.2, 0) is 23.8 Å². The lowest BCUT2D eigenvalue weighted by molar-refractivity contribution is -0.163. The monoisotopic (exact) mass is 793 g/mol. The van der Waals surface area contributed by atoms with Crippen molar-refractivity contribution in [3.63, 3.8) is 0 Å². The van der Waals surface area contributed by atoms with Gasteiger partial charge in [-0.3, -0.25) is 9.59 Å². The van der Waals surface area contributed by atoms with E-state index >= 15 is 0 Å². The first kappa shape index (κ1) is 54.9. The van der Waals surface area contributed by atoms with Gasteiger partial charge in [0.2, 0.25) is 0 Å². The summed E-state index contributed by atoms with van der Waals surface area (Å²) in [6.45, 7) is 7.86. The standard InChI is InChI=1S/C51H100O5/c1-4-7-10-13-16-18-20-22-24-25-26-27-29-30-32-34-36-38-41-44-50(52)55-48-49(47-54-46-43-40-15-12-9-6-3)56-51(53)45-42-39-37-35-33-31-28-23-21-19-17-14-11-8-5-2/h49H,4-48H2,1-3H3. The molecule has 0 fully saturated rings. The Balaban J connectivity index is 3.98. The van der Waals surface area contributed by atoms with Crippen molar-refractivity contribution in [2.45, 2.75) is 297 Å². The highest BCUT2D eigenvalue weighted by Gasteiger charge is 2.17. The van der Waals surface area contributed by atoms with E-state index in [1.807, 2.05) is 0 Å². The van der Waals surface area contributed by atoms with Gasteiger partial charge in [0.1, 0.15) is 6.61 Å². The first-order valence-corrected chi connectivity index (χ1v) is 25.6. The van der Waals surface area contributed by atoms with Crippen LogP contribution < -0.4 is 0 Å². The van der Waals surface area contributed by atoms with E-state index in [1.54, 1.807) is 0 Å². The van der Waals surface area contributed by atoms with E-state index in [-0.39, 0.29) is 18.5 Å². The average Bonchev–Trinajstić information content (AvgIpc) is 3.20. The summed E-state index contributed by atoms with van der Waals surface area (Å²) in [5.41, 5.74) is 0. The molecule has 0 saturated carbocycles. The van der Waals surface area contributed by atoms with Crippen molar-refractivity contribution in [3.8, 4) is 0 Å². The molecule has 0 aliphatic rings. The fourth-order valence-electron chi connectivity index (χ4n) is 7.81. The molecule has 0 rings (SSSR count). The number of esters is 2. The summed E-state index contributed by atoms with van der Waals surface area (Å²) in [5.74, 6) is -0.376. The van der Waals surface area contributed by atoms with Crippen molar-refractivity contribution in [3.05, 3.63) is 0 Å². The van der Waals surface area contributed by atoms with E-state index in [9.17, 15) is 9.59 Å². The van der Waals surface area contributed by atoms with Crippen molar-refractivity contribution in [1.82, 2.24) is 0 Å². The van der Waals surface area contributed by atoms with Crippen LogP contribution in [0.3, 0.4) is 0 Å². The maximum absolute atomic E-state index is 12.7. The number of carbonyl (C=O) groups excluding carboxylic acids is 2. The molecule has 5 nitrogen and oxygen atoms in total. The van der Waals surface area contributed by atoms with Crippen LogP contribution in [0.1, 0.15) is 290 Å². The SMILES string of the molecule is CCCCCCCCCCCCCCCCCCCCCC(=O)OCC(COCCCCCCCC)OC(=O)CCCCCCCCCCCCCCCCC. The smallest absolute Gasteiger partial charge is 0.306 e. The molecule has 0 radical (unpaired) electrons. The van der Waals surface area contributed by atoms with Crippen molar-refractivity contribution in [1.29, 1.82) is 0 Å². The van der Waals surface area contributed by atoms with Crippen LogP contribution in [0.25, 0.3) is 0 Å².